The molecule has 0 radical (unpaired) electrons. The second kappa shape index (κ2) is 5.46. The molecule has 1 aromatic carbocycles. The third kappa shape index (κ3) is 2.83. The van der Waals surface area contributed by atoms with Crippen LogP contribution in [0.25, 0.3) is 0 Å². The van der Waals surface area contributed by atoms with Gasteiger partial charge in [0.1, 0.15) is 0 Å². The van der Waals surface area contributed by atoms with E-state index < -0.39 is 0 Å². The largest absolute Gasteiger partial charge is 0.393 e. The highest BCUT2D eigenvalue weighted by Gasteiger charge is 2.27. The van der Waals surface area contributed by atoms with Crippen LogP contribution < -0.4 is 0 Å². The van der Waals surface area contributed by atoms with Crippen molar-refractivity contribution in [1.29, 1.82) is 0 Å². The van der Waals surface area contributed by atoms with E-state index in [-0.39, 0.29) is 6.10 Å². The third-order valence-corrected chi connectivity index (χ3v) is 3.48. The van der Waals surface area contributed by atoms with Gasteiger partial charge in [-0.25, -0.2) is 0 Å². The van der Waals surface area contributed by atoms with Crippen LogP contribution in [0.3, 0.4) is 0 Å². The summed E-state index contributed by atoms with van der Waals surface area (Å²) in [6, 6.07) is 10.7. The SMILES string of the molecule is CCC(O)CCN1CC(c2ccccc2)C1. The number of benzene rings is 1. The fourth-order valence-electron chi connectivity index (χ4n) is 2.22. The van der Waals surface area contributed by atoms with Crippen LogP contribution in [0, 0.1) is 0 Å². The molecule has 2 nitrogen and oxygen atoms in total. The molecule has 2 heteroatoms. The molecule has 1 N–H and O–H groups in total. The highest BCUT2D eigenvalue weighted by Crippen LogP contribution is 2.26. The maximum atomic E-state index is 9.48. The van der Waals surface area contributed by atoms with E-state index in [1.807, 2.05) is 6.92 Å². The molecule has 1 aromatic rings. The molecule has 88 valence electrons. The first kappa shape index (κ1) is 11.6. The molecule has 0 amide bonds. The molecular weight excluding hydrogens is 198 g/mol. The molecule has 0 bridgehead atoms. The molecule has 1 saturated heterocycles. The fourth-order valence-corrected chi connectivity index (χ4v) is 2.22. The van der Waals surface area contributed by atoms with Crippen molar-refractivity contribution >= 4 is 0 Å². The molecule has 0 spiro atoms. The Kier molecular flexibility index (Phi) is 3.97. The lowest BCUT2D eigenvalue weighted by Crippen LogP contribution is -2.45. The van der Waals surface area contributed by atoms with Gasteiger partial charge in [-0.2, -0.15) is 0 Å². The minimum absolute atomic E-state index is 0.115. The Hall–Kier alpha value is -0.860. The standard InChI is InChI=1S/C14H21NO/c1-2-14(16)8-9-15-10-13(11-15)12-6-4-3-5-7-12/h3-7,13-14,16H,2,8-11H2,1H3. The van der Waals surface area contributed by atoms with Crippen molar-refractivity contribution in [3.05, 3.63) is 35.9 Å². The molecule has 1 unspecified atom stereocenters. The number of likely N-dealkylation sites (tertiary alicyclic amines) is 1. The van der Waals surface area contributed by atoms with Gasteiger partial charge in [0.05, 0.1) is 6.10 Å². The van der Waals surface area contributed by atoms with Gasteiger partial charge in [-0.15, -0.1) is 0 Å². The molecule has 0 saturated carbocycles. The molecule has 1 fully saturated rings. The van der Waals surface area contributed by atoms with Gasteiger partial charge in [-0.3, -0.25) is 0 Å². The summed E-state index contributed by atoms with van der Waals surface area (Å²) in [5, 5.41) is 9.48. The number of rotatable bonds is 5. The minimum Gasteiger partial charge on any atom is -0.393 e. The lowest BCUT2D eigenvalue weighted by atomic mass is 9.91. The maximum Gasteiger partial charge on any atom is 0.0549 e. The van der Waals surface area contributed by atoms with Crippen molar-refractivity contribution in [3.63, 3.8) is 0 Å². The average Bonchev–Trinajstić information content (AvgIpc) is 2.28. The van der Waals surface area contributed by atoms with Crippen LogP contribution in [-0.4, -0.2) is 35.7 Å². The number of hydrogen-bond acceptors (Lipinski definition) is 2. The van der Waals surface area contributed by atoms with Crippen molar-refractivity contribution < 1.29 is 5.11 Å². The van der Waals surface area contributed by atoms with Crippen molar-refractivity contribution in [2.45, 2.75) is 31.8 Å². The maximum absolute atomic E-state index is 9.48. The summed E-state index contributed by atoms with van der Waals surface area (Å²) in [7, 11) is 0. The van der Waals surface area contributed by atoms with Crippen LogP contribution in [0.5, 0.6) is 0 Å². The Labute approximate surface area is 97.9 Å². The summed E-state index contributed by atoms with van der Waals surface area (Å²) in [5.41, 5.74) is 1.45. The first-order chi connectivity index (χ1) is 7.79. The smallest absolute Gasteiger partial charge is 0.0549 e. The summed E-state index contributed by atoms with van der Waals surface area (Å²) in [6.07, 6.45) is 1.67. The Bertz CT molecular complexity index is 306. The lowest BCUT2D eigenvalue weighted by molar-refractivity contribution is 0.0994. The van der Waals surface area contributed by atoms with Crippen molar-refractivity contribution in [1.82, 2.24) is 4.90 Å². The summed E-state index contributed by atoms with van der Waals surface area (Å²) in [5.74, 6) is 0.708. The summed E-state index contributed by atoms with van der Waals surface area (Å²) in [4.78, 5) is 2.43. The number of hydrogen-bond donors (Lipinski definition) is 1. The van der Waals surface area contributed by atoms with Gasteiger partial charge < -0.3 is 10.0 Å². The highest BCUT2D eigenvalue weighted by molar-refractivity contribution is 5.22. The molecule has 0 aliphatic carbocycles. The van der Waals surface area contributed by atoms with Gasteiger partial charge in [0.15, 0.2) is 0 Å². The summed E-state index contributed by atoms with van der Waals surface area (Å²) in [6.45, 7) is 5.38. The van der Waals surface area contributed by atoms with Crippen molar-refractivity contribution in [2.24, 2.45) is 0 Å². The van der Waals surface area contributed by atoms with Crippen LogP contribution in [-0.2, 0) is 0 Å². The van der Waals surface area contributed by atoms with E-state index in [1.165, 1.54) is 5.56 Å². The first-order valence-electron chi connectivity index (χ1n) is 6.25. The van der Waals surface area contributed by atoms with Crippen LogP contribution in [0.2, 0.25) is 0 Å². The highest BCUT2D eigenvalue weighted by atomic mass is 16.3. The van der Waals surface area contributed by atoms with E-state index in [0.717, 1.165) is 32.5 Å². The van der Waals surface area contributed by atoms with Crippen LogP contribution in [0.15, 0.2) is 30.3 Å². The van der Waals surface area contributed by atoms with Gasteiger partial charge in [-0.1, -0.05) is 37.3 Å². The van der Waals surface area contributed by atoms with Gasteiger partial charge in [0, 0.05) is 25.6 Å². The first-order valence-corrected chi connectivity index (χ1v) is 6.25. The van der Waals surface area contributed by atoms with E-state index in [2.05, 4.69) is 35.2 Å². The molecule has 1 aliphatic rings. The van der Waals surface area contributed by atoms with E-state index in [4.69, 9.17) is 0 Å². The van der Waals surface area contributed by atoms with E-state index in [9.17, 15) is 5.11 Å². The Morgan fingerprint density at radius 1 is 1.31 bits per heavy atom. The van der Waals surface area contributed by atoms with E-state index >= 15 is 0 Å². The quantitative estimate of drug-likeness (QED) is 0.821. The number of aliphatic hydroxyl groups is 1. The van der Waals surface area contributed by atoms with Crippen LogP contribution >= 0.6 is 0 Å². The molecule has 16 heavy (non-hydrogen) atoms. The zero-order chi connectivity index (χ0) is 11.4. The zero-order valence-electron chi connectivity index (χ0n) is 9.97. The monoisotopic (exact) mass is 219 g/mol. The molecule has 2 rings (SSSR count). The average molecular weight is 219 g/mol. The Morgan fingerprint density at radius 2 is 2.00 bits per heavy atom. The predicted molar refractivity (Wildman–Crippen MR) is 66.5 cm³/mol. The van der Waals surface area contributed by atoms with E-state index in [0.29, 0.717) is 5.92 Å². The fraction of sp³-hybridized carbons (Fsp3) is 0.571. The van der Waals surface area contributed by atoms with Gasteiger partial charge in [0.25, 0.3) is 0 Å². The van der Waals surface area contributed by atoms with Crippen LogP contribution in [0.4, 0.5) is 0 Å². The normalized spacial score (nSPS) is 19.4. The summed E-state index contributed by atoms with van der Waals surface area (Å²) >= 11 is 0. The minimum atomic E-state index is -0.115. The predicted octanol–water partition coefficient (Wildman–Crippen LogP) is 2.25. The second-order valence-corrected chi connectivity index (χ2v) is 4.72. The van der Waals surface area contributed by atoms with Gasteiger partial charge >= 0.3 is 0 Å². The topological polar surface area (TPSA) is 23.5 Å². The van der Waals surface area contributed by atoms with Crippen LogP contribution in [0.1, 0.15) is 31.2 Å². The van der Waals surface area contributed by atoms with Crippen molar-refractivity contribution in [2.75, 3.05) is 19.6 Å². The number of aliphatic hydroxyl groups excluding tert-OH is 1. The molecule has 1 atom stereocenters. The Morgan fingerprint density at radius 3 is 2.62 bits per heavy atom. The Balaban J connectivity index is 1.70. The third-order valence-electron chi connectivity index (χ3n) is 3.48. The van der Waals surface area contributed by atoms with Gasteiger partial charge in [0.2, 0.25) is 0 Å². The molecule has 1 aliphatic heterocycles. The van der Waals surface area contributed by atoms with Crippen molar-refractivity contribution in [3.8, 4) is 0 Å². The molecule has 1 heterocycles. The summed E-state index contributed by atoms with van der Waals surface area (Å²) < 4.78 is 0. The lowest BCUT2D eigenvalue weighted by Gasteiger charge is -2.40. The van der Waals surface area contributed by atoms with Gasteiger partial charge in [-0.05, 0) is 18.4 Å². The molecular formula is C14H21NO. The molecule has 0 aromatic heterocycles. The number of nitrogens with zero attached hydrogens (tertiary/aromatic N) is 1. The second-order valence-electron chi connectivity index (χ2n) is 4.72. The van der Waals surface area contributed by atoms with E-state index in [1.54, 1.807) is 0 Å². The zero-order valence-corrected chi connectivity index (χ0v) is 9.97.